The highest BCUT2D eigenvalue weighted by Gasteiger charge is 2.36. The summed E-state index contributed by atoms with van der Waals surface area (Å²) in [6.45, 7) is 0. The zero-order valence-corrected chi connectivity index (χ0v) is 10.9. The third-order valence-electron chi connectivity index (χ3n) is 3.35. The van der Waals surface area contributed by atoms with Crippen molar-refractivity contribution < 1.29 is 13.2 Å². The lowest BCUT2D eigenvalue weighted by atomic mass is 9.82. The Morgan fingerprint density at radius 3 is 2.35 bits per heavy atom. The third-order valence-corrected chi connectivity index (χ3v) is 4.44. The van der Waals surface area contributed by atoms with Gasteiger partial charge in [-0.25, -0.2) is 0 Å². The van der Waals surface area contributed by atoms with Crippen LogP contribution in [-0.4, -0.2) is 4.83 Å². The molecule has 1 aliphatic carbocycles. The SMILES string of the molecule is FC(F)(F)c1ccccc1C1CCCCC1Br. The average molecular weight is 307 g/mol. The molecule has 17 heavy (non-hydrogen) atoms. The standard InChI is InChI=1S/C13H14BrF3/c14-12-8-4-2-6-10(12)9-5-1-3-7-11(9)13(15,16)17/h1,3,5,7,10,12H,2,4,6,8H2. The summed E-state index contributed by atoms with van der Waals surface area (Å²) in [5, 5.41) is 0. The fourth-order valence-electron chi connectivity index (χ4n) is 2.51. The summed E-state index contributed by atoms with van der Waals surface area (Å²) in [6.07, 6.45) is -0.347. The van der Waals surface area contributed by atoms with Crippen LogP contribution in [0.1, 0.15) is 42.7 Å². The summed E-state index contributed by atoms with van der Waals surface area (Å²) in [5.74, 6) is -0.0124. The summed E-state index contributed by atoms with van der Waals surface area (Å²) in [4.78, 5) is 0.166. The number of halogens is 4. The van der Waals surface area contributed by atoms with E-state index in [-0.39, 0.29) is 10.7 Å². The second kappa shape index (κ2) is 5.01. The van der Waals surface area contributed by atoms with Crippen LogP contribution >= 0.6 is 15.9 Å². The van der Waals surface area contributed by atoms with Gasteiger partial charge in [0, 0.05) is 4.83 Å². The topological polar surface area (TPSA) is 0 Å². The molecule has 1 aromatic carbocycles. The molecule has 0 N–H and O–H groups in total. The largest absolute Gasteiger partial charge is 0.416 e. The lowest BCUT2D eigenvalue weighted by Gasteiger charge is -2.29. The van der Waals surface area contributed by atoms with Crippen LogP contribution < -0.4 is 0 Å². The predicted molar refractivity (Wildman–Crippen MR) is 65.4 cm³/mol. The van der Waals surface area contributed by atoms with E-state index < -0.39 is 11.7 Å². The molecule has 2 atom stereocenters. The van der Waals surface area contributed by atoms with Gasteiger partial charge in [0.15, 0.2) is 0 Å². The fraction of sp³-hybridized carbons (Fsp3) is 0.538. The number of hydrogen-bond donors (Lipinski definition) is 0. The maximum atomic E-state index is 12.9. The van der Waals surface area contributed by atoms with Crippen LogP contribution in [0.3, 0.4) is 0 Å². The van der Waals surface area contributed by atoms with E-state index in [2.05, 4.69) is 15.9 Å². The van der Waals surface area contributed by atoms with Crippen molar-refractivity contribution in [2.24, 2.45) is 0 Å². The van der Waals surface area contributed by atoms with Gasteiger partial charge in [0.05, 0.1) is 5.56 Å². The molecule has 1 saturated carbocycles. The predicted octanol–water partition coefficient (Wildman–Crippen LogP) is 5.13. The summed E-state index contributed by atoms with van der Waals surface area (Å²) >= 11 is 3.52. The van der Waals surface area contributed by atoms with Gasteiger partial charge >= 0.3 is 6.18 Å². The van der Waals surface area contributed by atoms with Crippen LogP contribution in [0.25, 0.3) is 0 Å². The van der Waals surface area contributed by atoms with E-state index in [1.54, 1.807) is 12.1 Å². The van der Waals surface area contributed by atoms with Crippen molar-refractivity contribution >= 4 is 15.9 Å². The molecule has 0 radical (unpaired) electrons. The molecule has 1 aliphatic rings. The van der Waals surface area contributed by atoms with Crippen molar-refractivity contribution in [2.75, 3.05) is 0 Å². The second-order valence-electron chi connectivity index (χ2n) is 4.49. The molecular weight excluding hydrogens is 293 g/mol. The third kappa shape index (κ3) is 2.84. The van der Waals surface area contributed by atoms with Crippen LogP contribution in [-0.2, 0) is 6.18 Å². The maximum Gasteiger partial charge on any atom is 0.416 e. The van der Waals surface area contributed by atoms with E-state index in [0.29, 0.717) is 5.56 Å². The molecule has 2 rings (SSSR count). The van der Waals surface area contributed by atoms with Gasteiger partial charge in [-0.3, -0.25) is 0 Å². The fourth-order valence-corrected chi connectivity index (χ4v) is 3.39. The normalized spacial score (nSPS) is 25.9. The molecule has 4 heteroatoms. The molecule has 0 aromatic heterocycles. The molecule has 0 heterocycles. The number of hydrogen-bond acceptors (Lipinski definition) is 0. The molecule has 0 amide bonds. The molecule has 2 unspecified atom stereocenters. The van der Waals surface area contributed by atoms with Gasteiger partial charge in [0.25, 0.3) is 0 Å². The van der Waals surface area contributed by atoms with Crippen LogP contribution in [0, 0.1) is 0 Å². The van der Waals surface area contributed by atoms with Crippen LogP contribution in [0.4, 0.5) is 13.2 Å². The molecule has 1 aromatic rings. The minimum absolute atomic E-state index is 0.0124. The lowest BCUT2D eigenvalue weighted by molar-refractivity contribution is -0.138. The Labute approximate surface area is 107 Å². The van der Waals surface area contributed by atoms with E-state index in [0.717, 1.165) is 25.7 Å². The van der Waals surface area contributed by atoms with Gasteiger partial charge < -0.3 is 0 Å². The monoisotopic (exact) mass is 306 g/mol. The Morgan fingerprint density at radius 2 is 1.71 bits per heavy atom. The Balaban J connectivity index is 2.37. The van der Waals surface area contributed by atoms with Crippen LogP contribution in [0.2, 0.25) is 0 Å². The summed E-state index contributed by atoms with van der Waals surface area (Å²) < 4.78 is 38.7. The molecule has 0 bridgehead atoms. The molecule has 0 nitrogen and oxygen atoms in total. The Bertz CT molecular complexity index is 386. The first-order valence-corrected chi connectivity index (χ1v) is 6.72. The van der Waals surface area contributed by atoms with Crippen LogP contribution in [0.15, 0.2) is 24.3 Å². The highest BCUT2D eigenvalue weighted by molar-refractivity contribution is 9.09. The van der Waals surface area contributed by atoms with Gasteiger partial charge in [-0.05, 0) is 30.4 Å². The molecule has 0 aliphatic heterocycles. The van der Waals surface area contributed by atoms with Gasteiger partial charge in [-0.1, -0.05) is 47.0 Å². The van der Waals surface area contributed by atoms with E-state index >= 15 is 0 Å². The lowest BCUT2D eigenvalue weighted by Crippen LogP contribution is -2.21. The molecule has 0 saturated heterocycles. The quantitative estimate of drug-likeness (QED) is 0.631. The van der Waals surface area contributed by atoms with Gasteiger partial charge in [0.1, 0.15) is 0 Å². The Hall–Kier alpha value is -0.510. The Morgan fingerprint density at radius 1 is 1.06 bits per heavy atom. The minimum Gasteiger partial charge on any atom is -0.166 e. The van der Waals surface area contributed by atoms with Crippen LogP contribution in [0.5, 0.6) is 0 Å². The van der Waals surface area contributed by atoms with Crippen molar-refractivity contribution in [2.45, 2.75) is 42.6 Å². The second-order valence-corrected chi connectivity index (χ2v) is 5.67. The molecule has 1 fully saturated rings. The summed E-state index contributed by atoms with van der Waals surface area (Å²) in [5.41, 5.74) is -0.0297. The molecule has 94 valence electrons. The first-order chi connectivity index (χ1) is 8.00. The summed E-state index contributed by atoms with van der Waals surface area (Å²) in [7, 11) is 0. The average Bonchev–Trinajstić information content (AvgIpc) is 2.28. The van der Waals surface area contributed by atoms with Gasteiger partial charge in [-0.2, -0.15) is 13.2 Å². The number of rotatable bonds is 1. The summed E-state index contributed by atoms with van der Waals surface area (Å²) in [6, 6.07) is 5.95. The van der Waals surface area contributed by atoms with E-state index in [1.807, 2.05) is 0 Å². The maximum absolute atomic E-state index is 12.9. The van der Waals surface area contributed by atoms with E-state index in [1.165, 1.54) is 12.1 Å². The highest BCUT2D eigenvalue weighted by Crippen LogP contribution is 2.42. The zero-order chi connectivity index (χ0) is 12.5. The van der Waals surface area contributed by atoms with Crippen molar-refractivity contribution in [3.05, 3.63) is 35.4 Å². The molecule has 0 spiro atoms. The smallest absolute Gasteiger partial charge is 0.166 e. The first kappa shape index (κ1) is 12.9. The van der Waals surface area contributed by atoms with E-state index in [9.17, 15) is 13.2 Å². The highest BCUT2D eigenvalue weighted by atomic mass is 79.9. The van der Waals surface area contributed by atoms with Crippen molar-refractivity contribution in [3.63, 3.8) is 0 Å². The Kier molecular flexibility index (Phi) is 3.81. The number of benzene rings is 1. The molecular formula is C13H14BrF3. The van der Waals surface area contributed by atoms with E-state index in [4.69, 9.17) is 0 Å². The number of alkyl halides is 4. The van der Waals surface area contributed by atoms with Crippen molar-refractivity contribution in [3.8, 4) is 0 Å². The zero-order valence-electron chi connectivity index (χ0n) is 9.30. The van der Waals surface area contributed by atoms with Crippen molar-refractivity contribution in [1.29, 1.82) is 0 Å². The van der Waals surface area contributed by atoms with Crippen molar-refractivity contribution in [1.82, 2.24) is 0 Å². The first-order valence-electron chi connectivity index (χ1n) is 5.80. The van der Waals surface area contributed by atoms with Gasteiger partial charge in [-0.15, -0.1) is 0 Å². The van der Waals surface area contributed by atoms with Gasteiger partial charge in [0.2, 0.25) is 0 Å². The minimum atomic E-state index is -4.25.